The van der Waals surface area contributed by atoms with Gasteiger partial charge >= 0.3 is 5.69 Å². The van der Waals surface area contributed by atoms with E-state index >= 15 is 0 Å². The molecule has 0 aliphatic heterocycles. The molecular formula is C9H15N5O3. The maximum absolute atomic E-state index is 10.9. The Morgan fingerprint density at radius 1 is 1.71 bits per heavy atom. The highest BCUT2D eigenvalue weighted by Gasteiger charge is 2.25. The number of amides is 1. The zero-order valence-electron chi connectivity index (χ0n) is 9.93. The minimum Gasteiger partial charge on any atom is -0.370 e. The van der Waals surface area contributed by atoms with Crippen molar-refractivity contribution in [2.45, 2.75) is 26.3 Å². The standard InChI is InChI=1S/C9H15N5O3/c1-5(4-7(10)15)11-9-8(14(16)17)6(2)12-13(9)3/h5,11H,4H2,1-3H3,(H2,10,15). The number of aryl methyl sites for hydroxylation is 2. The molecule has 8 nitrogen and oxygen atoms in total. The van der Waals surface area contributed by atoms with E-state index in [1.54, 1.807) is 20.9 Å². The Morgan fingerprint density at radius 2 is 2.29 bits per heavy atom. The van der Waals surface area contributed by atoms with Crippen LogP contribution < -0.4 is 11.1 Å². The molecule has 1 rings (SSSR count). The summed E-state index contributed by atoms with van der Waals surface area (Å²) in [6, 6.07) is -0.291. The Hall–Kier alpha value is -2.12. The van der Waals surface area contributed by atoms with Gasteiger partial charge in [0.05, 0.1) is 4.92 Å². The molecule has 0 radical (unpaired) electrons. The summed E-state index contributed by atoms with van der Waals surface area (Å²) in [6.07, 6.45) is 0.0986. The summed E-state index contributed by atoms with van der Waals surface area (Å²) in [5, 5.41) is 17.7. The quantitative estimate of drug-likeness (QED) is 0.568. The number of hydrogen-bond acceptors (Lipinski definition) is 5. The van der Waals surface area contributed by atoms with Gasteiger partial charge in [-0.1, -0.05) is 0 Å². The fourth-order valence-electron chi connectivity index (χ4n) is 1.61. The Labute approximate surface area is 97.9 Å². The highest BCUT2D eigenvalue weighted by Crippen LogP contribution is 2.27. The van der Waals surface area contributed by atoms with E-state index in [0.717, 1.165) is 0 Å². The Kier molecular flexibility index (Phi) is 3.66. The van der Waals surface area contributed by atoms with Gasteiger partial charge in [0.2, 0.25) is 11.7 Å². The van der Waals surface area contributed by atoms with Crippen LogP contribution in [0.5, 0.6) is 0 Å². The molecule has 8 heteroatoms. The summed E-state index contributed by atoms with van der Waals surface area (Å²) in [5.41, 5.74) is 5.30. The summed E-state index contributed by atoms with van der Waals surface area (Å²) in [6.45, 7) is 3.28. The zero-order chi connectivity index (χ0) is 13.2. The number of nitrogens with one attached hydrogen (secondary N) is 1. The van der Waals surface area contributed by atoms with Gasteiger partial charge in [-0.3, -0.25) is 14.9 Å². The third-order valence-electron chi connectivity index (χ3n) is 2.26. The van der Waals surface area contributed by atoms with Crippen LogP contribution in [0.1, 0.15) is 19.0 Å². The van der Waals surface area contributed by atoms with E-state index in [2.05, 4.69) is 10.4 Å². The van der Waals surface area contributed by atoms with Crippen LogP contribution in [0.3, 0.4) is 0 Å². The van der Waals surface area contributed by atoms with E-state index < -0.39 is 10.8 Å². The first-order valence-corrected chi connectivity index (χ1v) is 5.05. The number of primary amides is 1. The Balaban J connectivity index is 2.97. The number of nitrogens with zero attached hydrogens (tertiary/aromatic N) is 3. The minimum absolute atomic E-state index is 0.0798. The normalized spacial score (nSPS) is 12.2. The van der Waals surface area contributed by atoms with E-state index in [9.17, 15) is 14.9 Å². The van der Waals surface area contributed by atoms with E-state index in [0.29, 0.717) is 5.69 Å². The number of aromatic nitrogens is 2. The third-order valence-corrected chi connectivity index (χ3v) is 2.26. The van der Waals surface area contributed by atoms with Crippen LogP contribution in [0.2, 0.25) is 0 Å². The molecule has 1 unspecified atom stereocenters. The fourth-order valence-corrected chi connectivity index (χ4v) is 1.61. The molecule has 0 aromatic carbocycles. The predicted octanol–water partition coefficient (Wildman–Crippen LogP) is 0.313. The van der Waals surface area contributed by atoms with Crippen molar-refractivity contribution in [3.63, 3.8) is 0 Å². The molecule has 0 aliphatic rings. The predicted molar refractivity (Wildman–Crippen MR) is 61.5 cm³/mol. The molecule has 3 N–H and O–H groups in total. The number of nitro groups is 1. The lowest BCUT2D eigenvalue weighted by molar-refractivity contribution is -0.384. The van der Waals surface area contributed by atoms with Crippen LogP contribution in [0.4, 0.5) is 11.5 Å². The van der Waals surface area contributed by atoms with Gasteiger partial charge in [-0.05, 0) is 13.8 Å². The van der Waals surface area contributed by atoms with Gasteiger partial charge in [-0.2, -0.15) is 5.10 Å². The van der Waals surface area contributed by atoms with Crippen molar-refractivity contribution in [3.05, 3.63) is 15.8 Å². The summed E-state index contributed by atoms with van der Waals surface area (Å²) >= 11 is 0. The van der Waals surface area contributed by atoms with Crippen LogP contribution in [-0.4, -0.2) is 26.7 Å². The fraction of sp³-hybridized carbons (Fsp3) is 0.556. The lowest BCUT2D eigenvalue weighted by Crippen LogP contribution is -2.25. The molecule has 1 atom stereocenters. The van der Waals surface area contributed by atoms with Gasteiger partial charge in [0, 0.05) is 19.5 Å². The van der Waals surface area contributed by atoms with Gasteiger partial charge in [0.15, 0.2) is 0 Å². The molecule has 1 amide bonds. The second kappa shape index (κ2) is 4.81. The lowest BCUT2D eigenvalue weighted by atomic mass is 10.2. The number of carbonyl (C=O) groups excluding carboxylic acids is 1. The maximum atomic E-state index is 10.9. The highest BCUT2D eigenvalue weighted by molar-refractivity contribution is 5.75. The van der Waals surface area contributed by atoms with Crippen molar-refractivity contribution in [2.75, 3.05) is 5.32 Å². The van der Waals surface area contributed by atoms with E-state index in [4.69, 9.17) is 5.73 Å². The number of anilines is 1. The molecule has 0 fully saturated rings. The van der Waals surface area contributed by atoms with E-state index in [1.165, 1.54) is 4.68 Å². The van der Waals surface area contributed by atoms with Gasteiger partial charge in [-0.25, -0.2) is 4.68 Å². The molecule has 17 heavy (non-hydrogen) atoms. The van der Waals surface area contributed by atoms with Gasteiger partial charge < -0.3 is 11.1 Å². The molecule has 0 aliphatic carbocycles. The first-order valence-electron chi connectivity index (χ1n) is 5.05. The zero-order valence-corrected chi connectivity index (χ0v) is 9.93. The smallest absolute Gasteiger partial charge is 0.333 e. The average Bonchev–Trinajstić information content (AvgIpc) is 2.39. The van der Waals surface area contributed by atoms with Gasteiger partial charge in [0.25, 0.3) is 0 Å². The van der Waals surface area contributed by atoms with Crippen LogP contribution >= 0.6 is 0 Å². The van der Waals surface area contributed by atoms with Crippen molar-refractivity contribution < 1.29 is 9.72 Å². The van der Waals surface area contributed by atoms with Crippen LogP contribution in [0, 0.1) is 17.0 Å². The van der Waals surface area contributed by atoms with Crippen molar-refractivity contribution in [3.8, 4) is 0 Å². The number of hydrogen-bond donors (Lipinski definition) is 2. The third kappa shape index (κ3) is 2.92. The van der Waals surface area contributed by atoms with Crippen molar-refractivity contribution >= 4 is 17.4 Å². The van der Waals surface area contributed by atoms with Gasteiger partial charge in [0.1, 0.15) is 5.69 Å². The monoisotopic (exact) mass is 241 g/mol. The van der Waals surface area contributed by atoms with E-state index in [-0.39, 0.29) is 24.0 Å². The lowest BCUT2D eigenvalue weighted by Gasteiger charge is -2.12. The first-order chi connectivity index (χ1) is 7.82. The molecule has 0 saturated heterocycles. The van der Waals surface area contributed by atoms with Crippen molar-refractivity contribution in [2.24, 2.45) is 12.8 Å². The number of rotatable bonds is 5. The summed E-state index contributed by atoms with van der Waals surface area (Å²) in [4.78, 5) is 21.1. The molecule has 94 valence electrons. The largest absolute Gasteiger partial charge is 0.370 e. The highest BCUT2D eigenvalue weighted by atomic mass is 16.6. The minimum atomic E-state index is -0.498. The van der Waals surface area contributed by atoms with Crippen LogP contribution in [-0.2, 0) is 11.8 Å². The molecular weight excluding hydrogens is 226 g/mol. The second-order valence-electron chi connectivity index (χ2n) is 3.88. The average molecular weight is 241 g/mol. The number of carbonyl (C=O) groups is 1. The van der Waals surface area contributed by atoms with Crippen molar-refractivity contribution in [1.82, 2.24) is 9.78 Å². The summed E-state index contributed by atoms with van der Waals surface area (Å²) in [7, 11) is 1.60. The molecule has 0 saturated carbocycles. The summed E-state index contributed by atoms with van der Waals surface area (Å²) < 4.78 is 1.38. The molecule has 0 bridgehead atoms. The van der Waals surface area contributed by atoms with Gasteiger partial charge in [-0.15, -0.1) is 0 Å². The SMILES string of the molecule is Cc1nn(C)c(NC(C)CC(N)=O)c1[N+](=O)[O-]. The molecule has 1 aromatic rings. The Bertz CT molecular complexity index is 454. The first kappa shape index (κ1) is 12.9. The second-order valence-corrected chi connectivity index (χ2v) is 3.88. The maximum Gasteiger partial charge on any atom is 0.333 e. The molecule has 1 heterocycles. The van der Waals surface area contributed by atoms with Crippen molar-refractivity contribution in [1.29, 1.82) is 0 Å². The van der Waals surface area contributed by atoms with Crippen LogP contribution in [0.25, 0.3) is 0 Å². The topological polar surface area (TPSA) is 116 Å². The molecule has 1 aromatic heterocycles. The van der Waals surface area contributed by atoms with Crippen LogP contribution in [0.15, 0.2) is 0 Å². The molecule has 0 spiro atoms. The number of nitrogens with two attached hydrogens (primary N) is 1. The van der Waals surface area contributed by atoms with E-state index in [1.807, 2.05) is 0 Å². The Morgan fingerprint density at radius 3 is 2.76 bits per heavy atom. The summed E-state index contributed by atoms with van der Waals surface area (Å²) in [5.74, 6) is -0.187.